The van der Waals surface area contributed by atoms with E-state index in [1.165, 1.54) is 6.07 Å². The van der Waals surface area contributed by atoms with Gasteiger partial charge in [0.2, 0.25) is 0 Å². The van der Waals surface area contributed by atoms with Crippen LogP contribution in [0.5, 0.6) is 0 Å². The molecule has 27 heavy (non-hydrogen) atoms. The zero-order valence-electron chi connectivity index (χ0n) is 15.1. The van der Waals surface area contributed by atoms with Crippen LogP contribution >= 0.6 is 0 Å². The van der Waals surface area contributed by atoms with Crippen LogP contribution in [0.3, 0.4) is 0 Å². The van der Waals surface area contributed by atoms with Gasteiger partial charge in [0.05, 0.1) is 29.3 Å². The molecule has 0 bridgehead atoms. The molecule has 1 amide bonds. The summed E-state index contributed by atoms with van der Waals surface area (Å²) in [4.78, 5) is 25.4. The minimum atomic E-state index is -1.05. The molecular weight excluding hydrogens is 348 g/mol. The van der Waals surface area contributed by atoms with E-state index in [4.69, 9.17) is 15.1 Å². The van der Waals surface area contributed by atoms with Gasteiger partial charge in [-0.05, 0) is 30.0 Å². The number of nitrogens with zero attached hydrogens (tertiary/aromatic N) is 3. The molecule has 1 aromatic carbocycles. The van der Waals surface area contributed by atoms with Gasteiger partial charge in [-0.25, -0.2) is 4.79 Å². The molecule has 8 nitrogen and oxygen atoms in total. The predicted molar refractivity (Wildman–Crippen MR) is 99.7 cm³/mol. The fraction of sp³-hybridized carbons (Fsp3) is 0.421. The number of benzene rings is 1. The van der Waals surface area contributed by atoms with Gasteiger partial charge in [-0.2, -0.15) is 5.26 Å². The van der Waals surface area contributed by atoms with Crippen molar-refractivity contribution in [3.8, 4) is 6.07 Å². The minimum Gasteiger partial charge on any atom is -0.465 e. The highest BCUT2D eigenvalue weighted by molar-refractivity contribution is 5.80. The number of aromatic nitrogens is 1. The molecule has 2 atom stereocenters. The topological polar surface area (TPSA) is 108 Å². The van der Waals surface area contributed by atoms with Crippen molar-refractivity contribution in [2.24, 2.45) is 0 Å². The average Bonchev–Trinajstić information content (AvgIpc) is 2.67. The third-order valence-electron chi connectivity index (χ3n) is 5.02. The molecular formula is C19H22N4O4. The molecule has 0 saturated carbocycles. The number of methoxy groups -OCH3 is 1. The van der Waals surface area contributed by atoms with Crippen LogP contribution in [0.4, 0.5) is 4.79 Å². The molecule has 1 aromatic heterocycles. The van der Waals surface area contributed by atoms with Gasteiger partial charge in [0.15, 0.2) is 0 Å². The van der Waals surface area contributed by atoms with E-state index < -0.39 is 6.09 Å². The molecule has 142 valence electrons. The van der Waals surface area contributed by atoms with Gasteiger partial charge >= 0.3 is 6.09 Å². The zero-order chi connectivity index (χ0) is 19.4. The van der Waals surface area contributed by atoms with Crippen LogP contribution in [-0.4, -0.2) is 59.6 Å². The predicted octanol–water partition coefficient (Wildman–Crippen LogP) is 1.23. The monoisotopic (exact) mass is 370 g/mol. The Morgan fingerprint density at radius 2 is 2.15 bits per heavy atom. The van der Waals surface area contributed by atoms with Crippen molar-refractivity contribution in [2.75, 3.05) is 26.7 Å². The van der Waals surface area contributed by atoms with E-state index in [0.717, 1.165) is 10.9 Å². The number of nitriles is 1. The quantitative estimate of drug-likeness (QED) is 0.820. The highest BCUT2D eigenvalue weighted by atomic mass is 16.5. The first-order chi connectivity index (χ1) is 13.0. The number of fused-ring (bicyclic) bond motifs is 1. The molecule has 1 aliphatic rings. The first kappa shape index (κ1) is 18.9. The van der Waals surface area contributed by atoms with E-state index in [9.17, 15) is 9.59 Å². The van der Waals surface area contributed by atoms with Gasteiger partial charge < -0.3 is 19.7 Å². The van der Waals surface area contributed by atoms with Crippen molar-refractivity contribution in [3.05, 3.63) is 46.2 Å². The summed E-state index contributed by atoms with van der Waals surface area (Å²) in [6.07, 6.45) is -0.635. The summed E-state index contributed by atoms with van der Waals surface area (Å²) < 4.78 is 7.12. The van der Waals surface area contributed by atoms with Crippen LogP contribution in [-0.2, 0) is 11.3 Å². The van der Waals surface area contributed by atoms with Gasteiger partial charge in [0, 0.05) is 39.4 Å². The van der Waals surface area contributed by atoms with Crippen molar-refractivity contribution in [1.82, 2.24) is 14.8 Å². The summed E-state index contributed by atoms with van der Waals surface area (Å²) in [6, 6.07) is 10.5. The maximum atomic E-state index is 12.4. The first-order valence-electron chi connectivity index (χ1n) is 8.80. The third-order valence-corrected chi connectivity index (χ3v) is 5.02. The summed E-state index contributed by atoms with van der Waals surface area (Å²) in [7, 11) is 1.57. The molecule has 0 aliphatic carbocycles. The lowest BCUT2D eigenvalue weighted by molar-refractivity contribution is 0.00610. The summed E-state index contributed by atoms with van der Waals surface area (Å²) in [5, 5.41) is 21.5. The average molecular weight is 370 g/mol. The van der Waals surface area contributed by atoms with Crippen molar-refractivity contribution in [3.63, 3.8) is 0 Å². The van der Waals surface area contributed by atoms with E-state index in [2.05, 4.69) is 16.3 Å². The summed E-state index contributed by atoms with van der Waals surface area (Å²) in [5.74, 6) is 0. The fourth-order valence-corrected chi connectivity index (χ4v) is 3.58. The molecule has 2 N–H and O–H groups in total. The van der Waals surface area contributed by atoms with E-state index in [1.54, 1.807) is 29.9 Å². The van der Waals surface area contributed by atoms with E-state index in [0.29, 0.717) is 38.2 Å². The second kappa shape index (κ2) is 8.20. The lowest BCUT2D eigenvalue weighted by atomic mass is 10.0. The highest BCUT2D eigenvalue weighted by Crippen LogP contribution is 2.16. The lowest BCUT2D eigenvalue weighted by Crippen LogP contribution is -2.55. The Kier molecular flexibility index (Phi) is 5.74. The number of rotatable bonds is 5. The largest absolute Gasteiger partial charge is 0.465 e. The number of pyridine rings is 1. The SMILES string of the molecule is CO[C@@H]1CN(CCn2c(=O)ccc3ccc(C#N)cc32)CC[C@H]1NC(=O)O. The van der Waals surface area contributed by atoms with E-state index in [1.807, 2.05) is 6.07 Å². The second-order valence-electron chi connectivity index (χ2n) is 6.63. The van der Waals surface area contributed by atoms with Crippen LogP contribution in [0.1, 0.15) is 12.0 Å². The summed E-state index contributed by atoms with van der Waals surface area (Å²) >= 11 is 0. The zero-order valence-corrected chi connectivity index (χ0v) is 15.1. The van der Waals surface area contributed by atoms with Gasteiger partial charge in [-0.3, -0.25) is 9.69 Å². The Morgan fingerprint density at radius 1 is 1.37 bits per heavy atom. The summed E-state index contributed by atoms with van der Waals surface area (Å²) in [5.41, 5.74) is 1.15. The normalized spacial score (nSPS) is 20.3. The molecule has 1 fully saturated rings. The highest BCUT2D eigenvalue weighted by Gasteiger charge is 2.30. The number of ether oxygens (including phenoxy) is 1. The first-order valence-corrected chi connectivity index (χ1v) is 8.80. The van der Waals surface area contributed by atoms with Gasteiger partial charge in [0.1, 0.15) is 0 Å². The van der Waals surface area contributed by atoms with E-state index >= 15 is 0 Å². The van der Waals surface area contributed by atoms with Gasteiger partial charge in [-0.15, -0.1) is 0 Å². The molecule has 3 rings (SSSR count). The summed E-state index contributed by atoms with van der Waals surface area (Å²) in [6.45, 7) is 2.42. The maximum absolute atomic E-state index is 12.4. The number of amides is 1. The number of carbonyl (C=O) groups is 1. The maximum Gasteiger partial charge on any atom is 0.404 e. The lowest BCUT2D eigenvalue weighted by Gasteiger charge is -2.37. The Bertz CT molecular complexity index is 933. The van der Waals surface area contributed by atoms with Crippen LogP contribution in [0, 0.1) is 11.3 Å². The van der Waals surface area contributed by atoms with Crippen LogP contribution in [0.15, 0.2) is 35.1 Å². The Morgan fingerprint density at radius 3 is 2.85 bits per heavy atom. The van der Waals surface area contributed by atoms with Crippen LogP contribution in [0.2, 0.25) is 0 Å². The smallest absolute Gasteiger partial charge is 0.404 e. The van der Waals surface area contributed by atoms with Crippen molar-refractivity contribution in [1.29, 1.82) is 5.26 Å². The second-order valence-corrected chi connectivity index (χ2v) is 6.63. The molecule has 2 aromatic rings. The molecule has 1 aliphatic heterocycles. The van der Waals surface area contributed by atoms with Gasteiger partial charge in [0.25, 0.3) is 5.56 Å². The molecule has 0 spiro atoms. The number of likely N-dealkylation sites (tertiary alicyclic amines) is 1. The number of nitrogens with one attached hydrogen (secondary N) is 1. The Hall–Kier alpha value is -2.89. The fourth-order valence-electron chi connectivity index (χ4n) is 3.58. The standard InChI is InChI=1S/C19H22N4O4/c1-27-17-12-22(7-6-15(17)21-19(25)26)8-9-23-16-10-13(11-20)2-3-14(16)4-5-18(23)24/h2-5,10,15,17,21H,6-9,12H2,1H3,(H,25,26)/t15-,17-/m1/s1. The van der Waals surface area contributed by atoms with Gasteiger partial charge in [-0.1, -0.05) is 6.07 Å². The minimum absolute atomic E-state index is 0.108. The number of hydrogen-bond acceptors (Lipinski definition) is 5. The number of piperidine rings is 1. The van der Waals surface area contributed by atoms with Crippen molar-refractivity contribution >= 4 is 17.0 Å². The van der Waals surface area contributed by atoms with E-state index in [-0.39, 0.29) is 17.7 Å². The molecule has 0 radical (unpaired) electrons. The van der Waals surface area contributed by atoms with Crippen molar-refractivity contribution in [2.45, 2.75) is 25.1 Å². The molecule has 2 heterocycles. The Labute approximate surface area is 156 Å². The van der Waals surface area contributed by atoms with Crippen LogP contribution in [0.25, 0.3) is 10.9 Å². The molecule has 8 heteroatoms. The molecule has 0 unspecified atom stereocenters. The number of hydrogen-bond donors (Lipinski definition) is 2. The molecule has 1 saturated heterocycles. The number of carboxylic acid groups (broad SMARTS) is 1. The van der Waals surface area contributed by atoms with Crippen LogP contribution < -0.4 is 10.9 Å². The Balaban J connectivity index is 1.74. The third kappa shape index (κ3) is 4.27. The van der Waals surface area contributed by atoms with Crippen molar-refractivity contribution < 1.29 is 14.6 Å².